The van der Waals surface area contributed by atoms with Gasteiger partial charge in [0.05, 0.1) is 6.61 Å². The van der Waals surface area contributed by atoms with Crippen molar-refractivity contribution < 1.29 is 14.3 Å². The number of carbonyl (C=O) groups is 2. The molecule has 0 unspecified atom stereocenters. The maximum Gasteiger partial charge on any atom is 0.409 e. The highest BCUT2D eigenvalue weighted by Gasteiger charge is 2.27. The highest BCUT2D eigenvalue weighted by atomic mass is 35.5. The molecule has 0 aromatic heterocycles. The Morgan fingerprint density at radius 2 is 1.71 bits per heavy atom. The molecule has 0 aliphatic carbocycles. The summed E-state index contributed by atoms with van der Waals surface area (Å²) >= 11 is 5.90. The molecule has 0 aromatic rings. The molecule has 1 fully saturated rings. The van der Waals surface area contributed by atoms with Gasteiger partial charge in [-0.3, -0.25) is 4.79 Å². The smallest absolute Gasteiger partial charge is 0.409 e. The molecule has 6 heteroatoms. The van der Waals surface area contributed by atoms with E-state index in [0.29, 0.717) is 39.2 Å². The van der Waals surface area contributed by atoms with Crippen LogP contribution in [0.4, 0.5) is 4.79 Å². The lowest BCUT2D eigenvalue weighted by Crippen LogP contribution is -2.52. The molecule has 17 heavy (non-hydrogen) atoms. The Balaban J connectivity index is 2.40. The number of nitrogens with zero attached hydrogens (tertiary/aromatic N) is 2. The van der Waals surface area contributed by atoms with Gasteiger partial charge in [0.1, 0.15) is 5.38 Å². The molecule has 98 valence electrons. The van der Waals surface area contributed by atoms with E-state index in [-0.39, 0.29) is 12.0 Å². The number of alkyl halides is 1. The van der Waals surface area contributed by atoms with Crippen molar-refractivity contribution in [3.63, 3.8) is 0 Å². The molecule has 1 heterocycles. The third-order valence-corrected chi connectivity index (χ3v) is 3.24. The van der Waals surface area contributed by atoms with Crippen LogP contribution in [-0.2, 0) is 9.53 Å². The second kappa shape index (κ2) is 6.69. The second-order valence-electron chi connectivity index (χ2n) is 3.89. The molecule has 5 nitrogen and oxygen atoms in total. The molecular formula is C11H19ClN2O3. The fraction of sp³-hybridized carbons (Fsp3) is 0.818. The van der Waals surface area contributed by atoms with Gasteiger partial charge in [0, 0.05) is 26.2 Å². The van der Waals surface area contributed by atoms with Crippen LogP contribution >= 0.6 is 11.6 Å². The maximum absolute atomic E-state index is 11.8. The minimum absolute atomic E-state index is 0.0438. The summed E-state index contributed by atoms with van der Waals surface area (Å²) < 4.78 is 4.90. The number of halogens is 1. The molecule has 0 bridgehead atoms. The molecular weight excluding hydrogens is 244 g/mol. The maximum atomic E-state index is 11.8. The number of rotatable bonds is 3. The first-order valence-electron chi connectivity index (χ1n) is 5.94. The first-order valence-corrected chi connectivity index (χ1v) is 6.38. The van der Waals surface area contributed by atoms with E-state index in [1.54, 1.807) is 16.7 Å². The Hall–Kier alpha value is -0.970. The van der Waals surface area contributed by atoms with Crippen molar-refractivity contribution in [3.8, 4) is 0 Å². The van der Waals surface area contributed by atoms with Crippen molar-refractivity contribution in [1.29, 1.82) is 0 Å². The molecule has 1 rings (SSSR count). The van der Waals surface area contributed by atoms with Gasteiger partial charge >= 0.3 is 6.09 Å². The van der Waals surface area contributed by atoms with Crippen LogP contribution in [0.25, 0.3) is 0 Å². The molecule has 0 spiro atoms. The van der Waals surface area contributed by atoms with E-state index in [1.807, 2.05) is 6.92 Å². The summed E-state index contributed by atoms with van der Waals surface area (Å²) in [5, 5.41) is -0.454. The third-order valence-electron chi connectivity index (χ3n) is 2.74. The summed E-state index contributed by atoms with van der Waals surface area (Å²) in [4.78, 5) is 26.5. The zero-order chi connectivity index (χ0) is 12.8. The van der Waals surface area contributed by atoms with Crippen molar-refractivity contribution in [2.45, 2.75) is 25.6 Å². The molecule has 1 aliphatic heterocycles. The summed E-state index contributed by atoms with van der Waals surface area (Å²) in [6.07, 6.45) is 0.316. The lowest BCUT2D eigenvalue weighted by Gasteiger charge is -2.34. The lowest BCUT2D eigenvalue weighted by atomic mass is 10.2. The summed E-state index contributed by atoms with van der Waals surface area (Å²) in [6.45, 7) is 6.11. The zero-order valence-electron chi connectivity index (χ0n) is 10.3. The first-order chi connectivity index (χ1) is 8.10. The SMILES string of the molecule is CCOC(=O)N1CCN(C(=O)[C@H](Cl)CC)CC1. The van der Waals surface area contributed by atoms with E-state index in [0.717, 1.165) is 0 Å². The van der Waals surface area contributed by atoms with Crippen molar-refractivity contribution in [3.05, 3.63) is 0 Å². The van der Waals surface area contributed by atoms with Crippen LogP contribution in [-0.4, -0.2) is 60.0 Å². The Bertz CT molecular complexity index is 278. The number of hydrogen-bond acceptors (Lipinski definition) is 3. The second-order valence-corrected chi connectivity index (χ2v) is 4.41. The minimum Gasteiger partial charge on any atom is -0.450 e. The summed E-state index contributed by atoms with van der Waals surface area (Å²) in [5.74, 6) is -0.0438. The number of amides is 2. The Morgan fingerprint density at radius 3 is 2.18 bits per heavy atom. The molecule has 0 saturated carbocycles. The fourth-order valence-corrected chi connectivity index (χ4v) is 1.83. The van der Waals surface area contributed by atoms with Crippen LogP contribution in [0.5, 0.6) is 0 Å². The van der Waals surface area contributed by atoms with Gasteiger partial charge in [0.25, 0.3) is 0 Å². The van der Waals surface area contributed by atoms with E-state index in [2.05, 4.69) is 0 Å². The number of carbonyl (C=O) groups excluding carboxylic acids is 2. The summed E-state index contributed by atoms with van der Waals surface area (Å²) in [7, 11) is 0. The van der Waals surface area contributed by atoms with Crippen LogP contribution < -0.4 is 0 Å². The van der Waals surface area contributed by atoms with Crippen LogP contribution in [0.3, 0.4) is 0 Å². The molecule has 2 amide bonds. The summed E-state index contributed by atoms with van der Waals surface area (Å²) in [5.41, 5.74) is 0. The van der Waals surface area contributed by atoms with Gasteiger partial charge < -0.3 is 14.5 Å². The van der Waals surface area contributed by atoms with Gasteiger partial charge in [-0.15, -0.1) is 11.6 Å². The molecule has 1 saturated heterocycles. The standard InChI is InChI=1S/C11H19ClN2O3/c1-3-9(12)10(15)13-5-7-14(8-6-13)11(16)17-4-2/h9H,3-8H2,1-2H3/t9-/m1/s1. The predicted octanol–water partition coefficient (Wildman–Crippen LogP) is 1.30. The molecule has 0 aromatic carbocycles. The van der Waals surface area contributed by atoms with Crippen molar-refractivity contribution in [2.24, 2.45) is 0 Å². The zero-order valence-corrected chi connectivity index (χ0v) is 11.1. The van der Waals surface area contributed by atoms with Crippen molar-refractivity contribution in [2.75, 3.05) is 32.8 Å². The number of ether oxygens (including phenoxy) is 1. The van der Waals surface area contributed by atoms with Crippen LogP contribution in [0.1, 0.15) is 20.3 Å². The largest absolute Gasteiger partial charge is 0.450 e. The minimum atomic E-state index is -0.454. The van der Waals surface area contributed by atoms with E-state index < -0.39 is 5.38 Å². The van der Waals surface area contributed by atoms with E-state index in [9.17, 15) is 9.59 Å². The topological polar surface area (TPSA) is 49.9 Å². The van der Waals surface area contributed by atoms with E-state index in [4.69, 9.17) is 16.3 Å². The monoisotopic (exact) mass is 262 g/mol. The predicted molar refractivity (Wildman–Crippen MR) is 65.1 cm³/mol. The van der Waals surface area contributed by atoms with Gasteiger partial charge in [-0.2, -0.15) is 0 Å². The summed E-state index contributed by atoms with van der Waals surface area (Å²) in [6, 6.07) is 0. The van der Waals surface area contributed by atoms with Crippen LogP contribution in [0.15, 0.2) is 0 Å². The Morgan fingerprint density at radius 1 is 1.18 bits per heavy atom. The number of piperazine rings is 1. The Labute approximate surface area is 107 Å². The first kappa shape index (κ1) is 14.1. The molecule has 1 atom stereocenters. The van der Waals surface area contributed by atoms with E-state index >= 15 is 0 Å². The van der Waals surface area contributed by atoms with Crippen molar-refractivity contribution >= 4 is 23.6 Å². The average molecular weight is 263 g/mol. The fourth-order valence-electron chi connectivity index (χ4n) is 1.70. The average Bonchev–Trinajstić information content (AvgIpc) is 2.37. The molecule has 0 N–H and O–H groups in total. The van der Waals surface area contributed by atoms with Crippen molar-refractivity contribution in [1.82, 2.24) is 9.80 Å². The quantitative estimate of drug-likeness (QED) is 0.721. The molecule has 0 radical (unpaired) electrons. The highest BCUT2D eigenvalue weighted by molar-refractivity contribution is 6.30. The van der Waals surface area contributed by atoms with Gasteiger partial charge in [-0.1, -0.05) is 6.92 Å². The van der Waals surface area contributed by atoms with Gasteiger partial charge in [-0.25, -0.2) is 4.79 Å². The number of hydrogen-bond donors (Lipinski definition) is 0. The normalized spacial score (nSPS) is 17.8. The highest BCUT2D eigenvalue weighted by Crippen LogP contribution is 2.10. The molecule has 1 aliphatic rings. The third kappa shape index (κ3) is 3.77. The Kier molecular flexibility index (Phi) is 5.55. The van der Waals surface area contributed by atoms with Gasteiger partial charge in [-0.05, 0) is 13.3 Å². The van der Waals surface area contributed by atoms with Gasteiger partial charge in [0.2, 0.25) is 5.91 Å². The van der Waals surface area contributed by atoms with Gasteiger partial charge in [0.15, 0.2) is 0 Å². The van der Waals surface area contributed by atoms with Crippen LogP contribution in [0, 0.1) is 0 Å². The van der Waals surface area contributed by atoms with E-state index in [1.165, 1.54) is 0 Å². The van der Waals surface area contributed by atoms with Crippen LogP contribution in [0.2, 0.25) is 0 Å². The lowest BCUT2D eigenvalue weighted by molar-refractivity contribution is -0.132.